The number of rotatable bonds is 5. The Hall–Kier alpha value is -1.10. The minimum Gasteiger partial charge on any atom is -0.481 e. The van der Waals surface area contributed by atoms with E-state index in [1.807, 2.05) is 6.92 Å². The van der Waals surface area contributed by atoms with Crippen molar-refractivity contribution in [1.82, 2.24) is 10.6 Å². The predicted octanol–water partition coefficient (Wildman–Crippen LogP) is 1.77. The molecule has 1 aliphatic rings. The molecule has 0 bridgehead atoms. The topological polar surface area (TPSA) is 78.4 Å². The maximum absolute atomic E-state index is 12.5. The second kappa shape index (κ2) is 6.57. The van der Waals surface area contributed by atoms with Gasteiger partial charge >= 0.3 is 5.97 Å². The molecule has 1 aliphatic heterocycles. The third kappa shape index (κ3) is 5.49. The van der Waals surface area contributed by atoms with Crippen molar-refractivity contribution in [3.05, 3.63) is 0 Å². The van der Waals surface area contributed by atoms with Crippen LogP contribution < -0.4 is 10.6 Å². The molecule has 0 saturated carbocycles. The van der Waals surface area contributed by atoms with Gasteiger partial charge in [0.1, 0.15) is 0 Å². The summed E-state index contributed by atoms with van der Waals surface area (Å²) in [5.74, 6) is -0.871. The van der Waals surface area contributed by atoms with E-state index in [1.54, 1.807) is 0 Å². The molecular weight excluding hydrogens is 256 g/mol. The van der Waals surface area contributed by atoms with Crippen LogP contribution >= 0.6 is 0 Å². The van der Waals surface area contributed by atoms with Gasteiger partial charge in [0.25, 0.3) is 0 Å². The molecule has 0 aliphatic carbocycles. The van der Waals surface area contributed by atoms with E-state index in [2.05, 4.69) is 31.4 Å². The number of aliphatic carboxylic acids is 1. The van der Waals surface area contributed by atoms with Gasteiger partial charge in [0.05, 0.1) is 6.42 Å². The van der Waals surface area contributed by atoms with Gasteiger partial charge in [-0.3, -0.25) is 9.59 Å². The van der Waals surface area contributed by atoms with Crippen LogP contribution in [0.25, 0.3) is 0 Å². The molecule has 1 heterocycles. The molecule has 0 aromatic carbocycles. The largest absolute Gasteiger partial charge is 0.481 e. The van der Waals surface area contributed by atoms with Crippen LogP contribution in [0, 0.1) is 10.8 Å². The van der Waals surface area contributed by atoms with Crippen molar-refractivity contribution in [1.29, 1.82) is 0 Å². The second-order valence-electron chi connectivity index (χ2n) is 7.34. The minimum atomic E-state index is -0.866. The smallest absolute Gasteiger partial charge is 0.305 e. The van der Waals surface area contributed by atoms with Crippen LogP contribution in [0.1, 0.15) is 53.4 Å². The molecule has 116 valence electrons. The van der Waals surface area contributed by atoms with Crippen molar-refractivity contribution >= 4 is 11.9 Å². The molecule has 1 unspecified atom stereocenters. The van der Waals surface area contributed by atoms with Crippen LogP contribution in [-0.2, 0) is 9.59 Å². The van der Waals surface area contributed by atoms with Gasteiger partial charge in [-0.05, 0) is 37.8 Å². The maximum atomic E-state index is 12.5. The summed E-state index contributed by atoms with van der Waals surface area (Å²) in [7, 11) is 0. The first-order valence-corrected chi connectivity index (χ1v) is 7.36. The van der Waals surface area contributed by atoms with Gasteiger partial charge in [0.2, 0.25) is 5.91 Å². The number of carboxylic acid groups (broad SMARTS) is 1. The second-order valence-corrected chi connectivity index (χ2v) is 7.34. The van der Waals surface area contributed by atoms with Crippen LogP contribution in [0.2, 0.25) is 0 Å². The number of hydrogen-bond acceptors (Lipinski definition) is 3. The first kappa shape index (κ1) is 17.0. The van der Waals surface area contributed by atoms with Crippen LogP contribution in [0.4, 0.5) is 0 Å². The van der Waals surface area contributed by atoms with Gasteiger partial charge in [0.15, 0.2) is 0 Å². The van der Waals surface area contributed by atoms with Crippen molar-refractivity contribution in [3.8, 4) is 0 Å². The molecule has 0 aromatic heterocycles. The number of amides is 1. The Morgan fingerprint density at radius 1 is 1.30 bits per heavy atom. The normalized spacial score (nSPS) is 20.2. The Labute approximate surface area is 121 Å². The number of carbonyl (C=O) groups excluding carboxylic acids is 1. The van der Waals surface area contributed by atoms with E-state index in [0.29, 0.717) is 6.42 Å². The Balaban J connectivity index is 2.67. The molecule has 5 heteroatoms. The predicted molar refractivity (Wildman–Crippen MR) is 78.5 cm³/mol. The first-order chi connectivity index (χ1) is 9.12. The van der Waals surface area contributed by atoms with Crippen molar-refractivity contribution in [2.45, 2.75) is 59.4 Å². The highest BCUT2D eigenvalue weighted by Gasteiger charge is 2.36. The average Bonchev–Trinajstić information content (AvgIpc) is 2.26. The summed E-state index contributed by atoms with van der Waals surface area (Å²) >= 11 is 0. The van der Waals surface area contributed by atoms with E-state index in [0.717, 1.165) is 25.9 Å². The zero-order valence-corrected chi connectivity index (χ0v) is 13.1. The fourth-order valence-electron chi connectivity index (χ4n) is 2.69. The highest BCUT2D eigenvalue weighted by atomic mass is 16.4. The van der Waals surface area contributed by atoms with Gasteiger partial charge in [-0.25, -0.2) is 0 Å². The van der Waals surface area contributed by atoms with E-state index >= 15 is 0 Å². The average molecular weight is 284 g/mol. The maximum Gasteiger partial charge on any atom is 0.305 e. The van der Waals surface area contributed by atoms with Crippen molar-refractivity contribution in [3.63, 3.8) is 0 Å². The van der Waals surface area contributed by atoms with Gasteiger partial charge in [-0.15, -0.1) is 0 Å². The SMILES string of the molecule is CC(C)(C)CC(CC(=O)O)NC(=O)C1(C)CCNCC1. The molecule has 5 nitrogen and oxygen atoms in total. The highest BCUT2D eigenvalue weighted by Crippen LogP contribution is 2.29. The van der Waals surface area contributed by atoms with Crippen molar-refractivity contribution < 1.29 is 14.7 Å². The molecule has 20 heavy (non-hydrogen) atoms. The molecule has 0 spiro atoms. The first-order valence-electron chi connectivity index (χ1n) is 7.36. The van der Waals surface area contributed by atoms with Crippen LogP contribution in [0.15, 0.2) is 0 Å². The van der Waals surface area contributed by atoms with Gasteiger partial charge in [-0.2, -0.15) is 0 Å². The number of hydrogen-bond donors (Lipinski definition) is 3. The summed E-state index contributed by atoms with van der Waals surface area (Å²) in [5, 5.41) is 15.2. The van der Waals surface area contributed by atoms with Crippen LogP contribution in [0.5, 0.6) is 0 Å². The van der Waals surface area contributed by atoms with E-state index in [9.17, 15) is 9.59 Å². The van der Waals surface area contributed by atoms with E-state index in [1.165, 1.54) is 0 Å². The Morgan fingerprint density at radius 2 is 1.85 bits per heavy atom. The summed E-state index contributed by atoms with van der Waals surface area (Å²) in [6.45, 7) is 9.82. The molecule has 0 radical (unpaired) electrons. The van der Waals surface area contributed by atoms with Gasteiger partial charge in [-0.1, -0.05) is 27.7 Å². The van der Waals surface area contributed by atoms with Crippen LogP contribution in [0.3, 0.4) is 0 Å². The van der Waals surface area contributed by atoms with E-state index in [-0.39, 0.29) is 29.2 Å². The Bertz CT molecular complexity index is 355. The summed E-state index contributed by atoms with van der Waals surface area (Å²) in [5.41, 5.74) is -0.387. The lowest BCUT2D eigenvalue weighted by Crippen LogP contribution is -2.49. The van der Waals surface area contributed by atoms with Gasteiger partial charge in [0, 0.05) is 11.5 Å². The summed E-state index contributed by atoms with van der Waals surface area (Å²) < 4.78 is 0. The quantitative estimate of drug-likeness (QED) is 0.719. The molecule has 1 rings (SSSR count). The summed E-state index contributed by atoms with van der Waals surface area (Å²) in [6.07, 6.45) is 2.25. The van der Waals surface area contributed by atoms with Crippen LogP contribution in [-0.4, -0.2) is 36.1 Å². The molecule has 0 aromatic rings. The molecule has 1 fully saturated rings. The summed E-state index contributed by atoms with van der Waals surface area (Å²) in [4.78, 5) is 23.4. The fraction of sp³-hybridized carbons (Fsp3) is 0.867. The fourth-order valence-corrected chi connectivity index (χ4v) is 2.69. The highest BCUT2D eigenvalue weighted by molar-refractivity contribution is 5.83. The molecule has 1 amide bonds. The Kier molecular flexibility index (Phi) is 5.57. The molecule has 3 N–H and O–H groups in total. The zero-order chi connectivity index (χ0) is 15.4. The van der Waals surface area contributed by atoms with Gasteiger partial charge < -0.3 is 15.7 Å². The summed E-state index contributed by atoms with van der Waals surface area (Å²) in [6, 6.07) is -0.299. The lowest BCUT2D eigenvalue weighted by molar-refractivity contribution is -0.138. The molecule has 1 atom stereocenters. The number of carboxylic acids is 1. The minimum absolute atomic E-state index is 0.00509. The van der Waals surface area contributed by atoms with Crippen molar-refractivity contribution in [2.24, 2.45) is 10.8 Å². The third-order valence-corrected chi connectivity index (χ3v) is 3.87. The van der Waals surface area contributed by atoms with Crippen molar-refractivity contribution in [2.75, 3.05) is 13.1 Å². The lowest BCUT2D eigenvalue weighted by Gasteiger charge is -2.35. The zero-order valence-electron chi connectivity index (χ0n) is 13.1. The number of nitrogens with one attached hydrogen (secondary N) is 2. The standard InChI is InChI=1S/C15H28N2O3/c1-14(2,3)10-11(9-12(18)19)17-13(20)15(4)5-7-16-8-6-15/h11,16H,5-10H2,1-4H3,(H,17,20)(H,18,19). The number of piperidine rings is 1. The van der Waals surface area contributed by atoms with E-state index in [4.69, 9.17) is 5.11 Å². The molecular formula is C15H28N2O3. The Morgan fingerprint density at radius 3 is 2.30 bits per heavy atom. The van der Waals surface area contributed by atoms with E-state index < -0.39 is 5.97 Å². The third-order valence-electron chi connectivity index (χ3n) is 3.87. The molecule has 1 saturated heterocycles. The lowest BCUT2D eigenvalue weighted by atomic mass is 9.79. The number of carbonyl (C=O) groups is 2. The monoisotopic (exact) mass is 284 g/mol.